The van der Waals surface area contributed by atoms with Gasteiger partial charge >= 0.3 is 0 Å². The fourth-order valence-electron chi connectivity index (χ4n) is 4.42. The van der Waals surface area contributed by atoms with Gasteiger partial charge in [0, 0.05) is 25.0 Å². The van der Waals surface area contributed by atoms with Gasteiger partial charge in [-0.2, -0.15) is 10.2 Å². The number of amides is 1. The quantitative estimate of drug-likeness (QED) is 0.496. The van der Waals surface area contributed by atoms with Crippen LogP contribution in [0.5, 0.6) is 0 Å². The maximum Gasteiger partial charge on any atom is 0.227 e. The van der Waals surface area contributed by atoms with E-state index in [0.717, 1.165) is 29.3 Å². The van der Waals surface area contributed by atoms with Crippen LogP contribution in [0.2, 0.25) is 0 Å². The number of carbonyl (C=O) groups excluding carboxylic acids is 1. The first-order chi connectivity index (χ1) is 16.0. The first-order valence-electron chi connectivity index (χ1n) is 10.9. The SMILES string of the molecule is Cc1nc(CNC(=O)Cc2nc3cnc4ccc(C#N)cc4c3n2[C@@H]2CCO[C@H](C)C2)no1. The predicted molar refractivity (Wildman–Crippen MR) is 118 cm³/mol. The minimum atomic E-state index is -0.191. The molecule has 5 rings (SSSR count). The molecule has 0 aliphatic carbocycles. The molecular weight excluding hydrogens is 422 g/mol. The number of pyridine rings is 1. The topological polar surface area (TPSA) is 132 Å². The average Bonchev–Trinajstić information content (AvgIpc) is 3.40. The standard InChI is InChI=1S/C23H23N7O3/c1-13-7-16(5-6-32-13)30-21(9-22(31)26-12-20-27-14(2)33-29-20)28-19-11-25-18-4-3-15(10-24)8-17(18)23(19)30/h3-4,8,11,13,16H,5-7,9,12H2,1-2H3,(H,26,31)/t13-,16-/m1/s1. The van der Waals surface area contributed by atoms with Crippen LogP contribution in [0, 0.1) is 18.3 Å². The molecule has 0 spiro atoms. The van der Waals surface area contributed by atoms with Crippen molar-refractivity contribution in [3.05, 3.63) is 47.5 Å². The van der Waals surface area contributed by atoms with Crippen molar-refractivity contribution in [3.8, 4) is 6.07 Å². The van der Waals surface area contributed by atoms with E-state index in [2.05, 4.69) is 38.0 Å². The number of rotatable bonds is 5. The number of nitriles is 1. The van der Waals surface area contributed by atoms with Gasteiger partial charge in [0.15, 0.2) is 5.82 Å². The Balaban J connectivity index is 1.55. The van der Waals surface area contributed by atoms with Crippen LogP contribution >= 0.6 is 0 Å². The summed E-state index contributed by atoms with van der Waals surface area (Å²) >= 11 is 0. The molecule has 1 fully saturated rings. The molecule has 4 aromatic rings. The number of hydrogen-bond donors (Lipinski definition) is 1. The number of nitrogens with one attached hydrogen (secondary N) is 1. The summed E-state index contributed by atoms with van der Waals surface area (Å²) in [6, 6.07) is 7.77. The number of fused-ring (bicyclic) bond motifs is 3. The van der Waals surface area contributed by atoms with E-state index < -0.39 is 0 Å². The maximum absolute atomic E-state index is 12.8. The van der Waals surface area contributed by atoms with Crippen molar-refractivity contribution in [2.24, 2.45) is 0 Å². The lowest BCUT2D eigenvalue weighted by Gasteiger charge is -2.30. The van der Waals surface area contributed by atoms with E-state index in [1.807, 2.05) is 12.1 Å². The zero-order chi connectivity index (χ0) is 22.9. The number of aromatic nitrogens is 5. The average molecular weight is 445 g/mol. The molecule has 0 unspecified atom stereocenters. The summed E-state index contributed by atoms with van der Waals surface area (Å²) in [6.45, 7) is 4.57. The number of nitrogens with zero attached hydrogens (tertiary/aromatic N) is 6. The van der Waals surface area contributed by atoms with Crippen LogP contribution in [-0.4, -0.2) is 43.3 Å². The van der Waals surface area contributed by atoms with Crippen LogP contribution in [-0.2, 0) is 22.5 Å². The third-order valence-corrected chi connectivity index (χ3v) is 5.87. The second-order valence-corrected chi connectivity index (χ2v) is 8.28. The molecule has 1 aromatic carbocycles. The van der Waals surface area contributed by atoms with Crippen molar-refractivity contribution in [2.45, 2.75) is 51.8 Å². The molecule has 2 atom stereocenters. The number of carbonyl (C=O) groups is 1. The van der Waals surface area contributed by atoms with E-state index in [-0.39, 0.29) is 31.0 Å². The highest BCUT2D eigenvalue weighted by atomic mass is 16.5. The third-order valence-electron chi connectivity index (χ3n) is 5.87. The highest BCUT2D eigenvalue weighted by Crippen LogP contribution is 2.34. The Morgan fingerprint density at radius 3 is 2.97 bits per heavy atom. The van der Waals surface area contributed by atoms with Crippen molar-refractivity contribution < 1.29 is 14.1 Å². The zero-order valence-corrected chi connectivity index (χ0v) is 18.4. The van der Waals surface area contributed by atoms with Crippen LogP contribution in [0.15, 0.2) is 28.9 Å². The van der Waals surface area contributed by atoms with Gasteiger partial charge in [0.2, 0.25) is 11.8 Å². The van der Waals surface area contributed by atoms with Gasteiger partial charge in [0.05, 0.1) is 47.9 Å². The summed E-state index contributed by atoms with van der Waals surface area (Å²) in [5, 5.41) is 16.9. The Hall–Kier alpha value is -3.84. The molecule has 10 nitrogen and oxygen atoms in total. The monoisotopic (exact) mass is 445 g/mol. The maximum atomic E-state index is 12.8. The van der Waals surface area contributed by atoms with Gasteiger partial charge in [-0.1, -0.05) is 5.16 Å². The molecule has 1 N–H and O–H groups in total. The number of benzene rings is 1. The molecule has 1 amide bonds. The molecule has 0 radical (unpaired) electrons. The van der Waals surface area contributed by atoms with Gasteiger partial charge in [-0.05, 0) is 38.0 Å². The first-order valence-corrected chi connectivity index (χ1v) is 10.9. The molecule has 0 bridgehead atoms. The first kappa shape index (κ1) is 21.0. The number of imidazole rings is 1. The summed E-state index contributed by atoms with van der Waals surface area (Å²) in [4.78, 5) is 26.2. The summed E-state index contributed by atoms with van der Waals surface area (Å²) in [5.74, 6) is 1.34. The third kappa shape index (κ3) is 4.15. The minimum absolute atomic E-state index is 0.0939. The molecule has 3 aromatic heterocycles. The Labute approximate surface area is 189 Å². The summed E-state index contributed by atoms with van der Waals surface area (Å²) in [6.07, 6.45) is 3.55. The summed E-state index contributed by atoms with van der Waals surface area (Å²) < 4.78 is 12.9. The predicted octanol–water partition coefficient (Wildman–Crippen LogP) is 2.75. The van der Waals surface area contributed by atoms with Crippen LogP contribution < -0.4 is 5.32 Å². The molecular formula is C23H23N7O3. The lowest BCUT2D eigenvalue weighted by molar-refractivity contribution is -0.120. The van der Waals surface area contributed by atoms with Crippen LogP contribution in [0.1, 0.15) is 48.9 Å². The van der Waals surface area contributed by atoms with Crippen LogP contribution in [0.3, 0.4) is 0 Å². The normalized spacial score (nSPS) is 18.5. The molecule has 1 aliphatic rings. The van der Waals surface area contributed by atoms with Gasteiger partial charge in [-0.3, -0.25) is 9.78 Å². The molecule has 1 aliphatic heterocycles. The number of ether oxygens (including phenoxy) is 1. The Kier molecular flexibility index (Phi) is 5.48. The van der Waals surface area contributed by atoms with E-state index in [1.165, 1.54) is 0 Å². The van der Waals surface area contributed by atoms with Crippen molar-refractivity contribution in [3.63, 3.8) is 0 Å². The zero-order valence-electron chi connectivity index (χ0n) is 18.4. The lowest BCUT2D eigenvalue weighted by Crippen LogP contribution is -2.29. The van der Waals surface area contributed by atoms with Gasteiger partial charge in [0.25, 0.3) is 0 Å². The van der Waals surface area contributed by atoms with E-state index in [9.17, 15) is 10.1 Å². The molecule has 33 heavy (non-hydrogen) atoms. The molecule has 1 saturated heterocycles. The second-order valence-electron chi connectivity index (χ2n) is 8.28. The summed E-state index contributed by atoms with van der Waals surface area (Å²) in [5.41, 5.74) is 2.94. The minimum Gasteiger partial charge on any atom is -0.378 e. The fourth-order valence-corrected chi connectivity index (χ4v) is 4.42. The molecule has 4 heterocycles. The lowest BCUT2D eigenvalue weighted by atomic mass is 10.0. The molecule has 0 saturated carbocycles. The Morgan fingerprint density at radius 2 is 2.21 bits per heavy atom. The fraction of sp³-hybridized carbons (Fsp3) is 0.391. The smallest absolute Gasteiger partial charge is 0.227 e. The van der Waals surface area contributed by atoms with Crippen molar-refractivity contribution >= 4 is 27.8 Å². The van der Waals surface area contributed by atoms with Gasteiger partial charge in [-0.25, -0.2) is 4.98 Å². The van der Waals surface area contributed by atoms with E-state index in [0.29, 0.717) is 35.2 Å². The second kappa shape index (κ2) is 8.60. The van der Waals surface area contributed by atoms with E-state index >= 15 is 0 Å². The van der Waals surface area contributed by atoms with E-state index in [4.69, 9.17) is 14.2 Å². The van der Waals surface area contributed by atoms with Gasteiger partial charge in [-0.15, -0.1) is 0 Å². The van der Waals surface area contributed by atoms with Crippen LogP contribution in [0.25, 0.3) is 21.9 Å². The van der Waals surface area contributed by atoms with E-state index in [1.54, 1.807) is 19.2 Å². The van der Waals surface area contributed by atoms with Crippen molar-refractivity contribution in [1.29, 1.82) is 5.26 Å². The summed E-state index contributed by atoms with van der Waals surface area (Å²) in [7, 11) is 0. The van der Waals surface area contributed by atoms with Crippen molar-refractivity contribution in [1.82, 2.24) is 30.0 Å². The van der Waals surface area contributed by atoms with Gasteiger partial charge < -0.3 is 19.1 Å². The molecule has 10 heteroatoms. The highest BCUT2D eigenvalue weighted by molar-refractivity contribution is 6.03. The van der Waals surface area contributed by atoms with Gasteiger partial charge in [0.1, 0.15) is 11.3 Å². The number of aryl methyl sites for hydroxylation is 1. The number of hydrogen-bond acceptors (Lipinski definition) is 8. The largest absolute Gasteiger partial charge is 0.378 e. The Bertz CT molecular complexity index is 1380. The highest BCUT2D eigenvalue weighted by Gasteiger charge is 2.27. The molecule has 168 valence electrons. The Morgan fingerprint density at radius 1 is 1.33 bits per heavy atom. The van der Waals surface area contributed by atoms with Crippen molar-refractivity contribution in [2.75, 3.05) is 6.61 Å². The van der Waals surface area contributed by atoms with Crippen LogP contribution in [0.4, 0.5) is 0 Å².